The molecule has 1 atom stereocenters. The van der Waals surface area contributed by atoms with E-state index in [4.69, 9.17) is 8.92 Å². The maximum Gasteiger partial charge on any atom is 0.322 e. The molecule has 0 radical (unpaired) electrons. The van der Waals surface area contributed by atoms with Crippen LogP contribution in [0.5, 0.6) is 5.75 Å². The molecule has 2 aromatic rings. The highest BCUT2D eigenvalue weighted by molar-refractivity contribution is 7.86. The fraction of sp³-hybridized carbons (Fsp3) is 0.409. The maximum atomic E-state index is 13.1. The zero-order chi connectivity index (χ0) is 21.7. The van der Waals surface area contributed by atoms with Crippen molar-refractivity contribution in [3.8, 4) is 5.75 Å². The molecule has 0 aromatic heterocycles. The van der Waals surface area contributed by atoms with E-state index in [2.05, 4.69) is 5.32 Å². The first kappa shape index (κ1) is 22.1. The summed E-state index contributed by atoms with van der Waals surface area (Å²) in [5, 5.41) is 3.00. The summed E-state index contributed by atoms with van der Waals surface area (Å²) in [7, 11) is -3.58. The molecule has 1 aliphatic rings. The highest BCUT2D eigenvalue weighted by Crippen LogP contribution is 2.20. The molecule has 1 heterocycles. The van der Waals surface area contributed by atoms with Crippen LogP contribution in [-0.4, -0.2) is 44.9 Å². The molecule has 30 heavy (non-hydrogen) atoms. The molecule has 0 aliphatic carbocycles. The molecule has 0 saturated carbocycles. The van der Waals surface area contributed by atoms with Gasteiger partial charge in [-0.05, 0) is 56.0 Å². The molecule has 1 saturated heterocycles. The Morgan fingerprint density at radius 2 is 1.93 bits per heavy atom. The Morgan fingerprint density at radius 1 is 1.20 bits per heavy atom. The average molecular weight is 433 g/mol. The molecular formula is C22H28N2O5S. The third-order valence-corrected chi connectivity index (χ3v) is 5.40. The summed E-state index contributed by atoms with van der Waals surface area (Å²) in [6.07, 6.45) is 2.94. The lowest BCUT2D eigenvalue weighted by molar-refractivity contribution is 0.0819. The zero-order valence-corrected chi connectivity index (χ0v) is 18.4. The normalized spacial score (nSPS) is 16.3. The number of rotatable bonds is 7. The van der Waals surface area contributed by atoms with Gasteiger partial charge in [-0.1, -0.05) is 29.8 Å². The topological polar surface area (TPSA) is 84.9 Å². The highest BCUT2D eigenvalue weighted by atomic mass is 32.2. The van der Waals surface area contributed by atoms with Crippen molar-refractivity contribution in [1.29, 1.82) is 0 Å². The fourth-order valence-corrected chi connectivity index (χ4v) is 3.91. The Morgan fingerprint density at radius 3 is 2.53 bits per heavy atom. The van der Waals surface area contributed by atoms with E-state index in [1.165, 1.54) is 0 Å². The van der Waals surface area contributed by atoms with Crippen LogP contribution in [0.1, 0.15) is 29.5 Å². The first-order valence-electron chi connectivity index (χ1n) is 9.93. The van der Waals surface area contributed by atoms with Crippen molar-refractivity contribution in [2.45, 2.75) is 39.3 Å². The Hall–Kier alpha value is -2.58. The zero-order valence-electron chi connectivity index (χ0n) is 17.6. The molecule has 1 fully saturated rings. The van der Waals surface area contributed by atoms with Crippen LogP contribution >= 0.6 is 0 Å². The number of carbonyl (C=O) groups excluding carboxylic acids is 1. The third kappa shape index (κ3) is 6.47. The Kier molecular flexibility index (Phi) is 6.99. The number of amides is 2. The quantitative estimate of drug-likeness (QED) is 0.672. The van der Waals surface area contributed by atoms with Crippen molar-refractivity contribution in [3.63, 3.8) is 0 Å². The van der Waals surface area contributed by atoms with Crippen LogP contribution < -0.4 is 9.50 Å². The monoisotopic (exact) mass is 432 g/mol. The van der Waals surface area contributed by atoms with E-state index < -0.39 is 10.1 Å². The van der Waals surface area contributed by atoms with Crippen LogP contribution in [0.15, 0.2) is 42.5 Å². The van der Waals surface area contributed by atoms with Crippen LogP contribution in [0, 0.1) is 13.8 Å². The van der Waals surface area contributed by atoms with Gasteiger partial charge in [-0.25, -0.2) is 4.79 Å². The van der Waals surface area contributed by atoms with Gasteiger partial charge in [0.2, 0.25) is 0 Å². The molecule has 2 amide bonds. The molecule has 0 bridgehead atoms. The predicted octanol–water partition coefficient (Wildman–Crippen LogP) is 3.85. The largest absolute Gasteiger partial charge is 0.383 e. The molecule has 1 aliphatic heterocycles. The van der Waals surface area contributed by atoms with Crippen LogP contribution in [0.3, 0.4) is 0 Å². The van der Waals surface area contributed by atoms with E-state index in [1.54, 1.807) is 29.2 Å². The van der Waals surface area contributed by atoms with E-state index >= 15 is 0 Å². The number of ether oxygens (including phenoxy) is 1. The number of nitrogens with zero attached hydrogens (tertiary/aromatic N) is 1. The number of aryl methyl sites for hydroxylation is 2. The van der Waals surface area contributed by atoms with E-state index in [-0.39, 0.29) is 17.9 Å². The van der Waals surface area contributed by atoms with Crippen LogP contribution in [0.25, 0.3) is 0 Å². The lowest BCUT2D eigenvalue weighted by Crippen LogP contribution is -2.39. The van der Waals surface area contributed by atoms with Gasteiger partial charge in [0.05, 0.1) is 12.4 Å². The van der Waals surface area contributed by atoms with Crippen molar-refractivity contribution in [2.24, 2.45) is 0 Å². The van der Waals surface area contributed by atoms with Crippen molar-refractivity contribution in [1.82, 2.24) is 4.90 Å². The summed E-state index contributed by atoms with van der Waals surface area (Å²) in [5.41, 5.74) is 3.78. The highest BCUT2D eigenvalue weighted by Gasteiger charge is 2.23. The van der Waals surface area contributed by atoms with Gasteiger partial charge < -0.3 is 19.1 Å². The second kappa shape index (κ2) is 9.49. The minimum Gasteiger partial charge on any atom is -0.383 e. The SMILES string of the molecule is Cc1ccc(NC(=O)N(Cc2ccc(OS(C)(=O)=O)cc2)CC2CCCO2)c(C)c1. The molecule has 8 heteroatoms. The lowest BCUT2D eigenvalue weighted by Gasteiger charge is -2.26. The fourth-order valence-electron chi connectivity index (χ4n) is 3.45. The molecule has 0 spiro atoms. The van der Waals surface area contributed by atoms with E-state index in [0.29, 0.717) is 19.7 Å². The van der Waals surface area contributed by atoms with Gasteiger partial charge in [0, 0.05) is 25.4 Å². The third-order valence-electron chi connectivity index (χ3n) is 4.90. The van der Waals surface area contributed by atoms with Crippen molar-refractivity contribution in [2.75, 3.05) is 24.7 Å². The van der Waals surface area contributed by atoms with Crippen LogP contribution in [0.4, 0.5) is 10.5 Å². The number of urea groups is 1. The first-order valence-corrected chi connectivity index (χ1v) is 11.7. The summed E-state index contributed by atoms with van der Waals surface area (Å²) in [6, 6.07) is 12.4. The van der Waals surface area contributed by atoms with Gasteiger partial charge in [0.1, 0.15) is 5.75 Å². The Balaban J connectivity index is 1.73. The summed E-state index contributed by atoms with van der Waals surface area (Å²) in [4.78, 5) is 14.8. The number of benzene rings is 2. The molecule has 1 unspecified atom stereocenters. The van der Waals surface area contributed by atoms with E-state index in [9.17, 15) is 13.2 Å². The van der Waals surface area contributed by atoms with Crippen molar-refractivity contribution >= 4 is 21.8 Å². The van der Waals surface area contributed by atoms with E-state index in [1.807, 2.05) is 32.0 Å². The summed E-state index contributed by atoms with van der Waals surface area (Å²) in [5.74, 6) is 0.242. The van der Waals surface area contributed by atoms with Crippen LogP contribution in [-0.2, 0) is 21.4 Å². The smallest absolute Gasteiger partial charge is 0.322 e. The lowest BCUT2D eigenvalue weighted by atomic mass is 10.1. The molecular weight excluding hydrogens is 404 g/mol. The number of carbonyl (C=O) groups is 1. The minimum absolute atomic E-state index is 0.0164. The molecule has 7 nitrogen and oxygen atoms in total. The number of anilines is 1. The van der Waals surface area contributed by atoms with E-state index in [0.717, 1.165) is 41.5 Å². The second-order valence-corrected chi connectivity index (χ2v) is 9.27. The predicted molar refractivity (Wildman–Crippen MR) is 116 cm³/mol. The molecule has 2 aromatic carbocycles. The first-order chi connectivity index (χ1) is 14.2. The van der Waals surface area contributed by atoms with Crippen molar-refractivity contribution in [3.05, 3.63) is 59.2 Å². The van der Waals surface area contributed by atoms with Gasteiger partial charge in [0.15, 0.2) is 0 Å². The van der Waals surface area contributed by atoms with Crippen molar-refractivity contribution < 1.29 is 22.1 Å². The maximum absolute atomic E-state index is 13.1. The summed E-state index contributed by atoms with van der Waals surface area (Å²) >= 11 is 0. The number of hydrogen-bond donors (Lipinski definition) is 1. The number of hydrogen-bond acceptors (Lipinski definition) is 5. The van der Waals surface area contributed by atoms with Gasteiger partial charge in [-0.2, -0.15) is 8.42 Å². The molecule has 162 valence electrons. The van der Waals surface area contributed by atoms with Gasteiger partial charge in [0.25, 0.3) is 0 Å². The van der Waals surface area contributed by atoms with Gasteiger partial charge in [-0.15, -0.1) is 0 Å². The Labute approximate surface area is 178 Å². The molecule has 3 rings (SSSR count). The number of nitrogens with one attached hydrogen (secondary N) is 1. The Bertz CT molecular complexity index is 983. The average Bonchev–Trinajstić information content (AvgIpc) is 3.17. The minimum atomic E-state index is -3.58. The standard InChI is InChI=1S/C22H28N2O5S/c1-16-6-11-21(17(2)13-16)23-22(25)24(15-20-5-4-12-28-20)14-18-7-9-19(10-8-18)29-30(3,26)27/h6-11,13,20H,4-5,12,14-15H2,1-3H3,(H,23,25). The second-order valence-electron chi connectivity index (χ2n) is 7.70. The summed E-state index contributed by atoms with van der Waals surface area (Å²) in [6.45, 7) is 5.55. The molecule has 1 N–H and O–H groups in total. The van der Waals surface area contributed by atoms with Gasteiger partial charge >= 0.3 is 16.1 Å². The van der Waals surface area contributed by atoms with Gasteiger partial charge in [-0.3, -0.25) is 0 Å². The summed E-state index contributed by atoms with van der Waals surface area (Å²) < 4.78 is 33.1. The van der Waals surface area contributed by atoms with Crippen LogP contribution in [0.2, 0.25) is 0 Å².